The number of nitrogens with one attached hydrogen (secondary N) is 3. The third-order valence-electron chi connectivity index (χ3n) is 6.35. The van der Waals surface area contributed by atoms with Gasteiger partial charge in [0.1, 0.15) is 12.4 Å². The van der Waals surface area contributed by atoms with Gasteiger partial charge in [-0.2, -0.15) is 4.98 Å². The maximum absolute atomic E-state index is 14.6. The third kappa shape index (κ3) is 6.42. The first-order chi connectivity index (χ1) is 19.0. The summed E-state index contributed by atoms with van der Waals surface area (Å²) in [6, 6.07) is 12.0. The summed E-state index contributed by atoms with van der Waals surface area (Å²) in [5.41, 5.74) is 2.66. The molecule has 1 aliphatic rings. The predicted molar refractivity (Wildman–Crippen MR) is 152 cm³/mol. The van der Waals surface area contributed by atoms with Crippen LogP contribution in [0.3, 0.4) is 0 Å². The zero-order valence-corrected chi connectivity index (χ0v) is 23.3. The van der Waals surface area contributed by atoms with Crippen LogP contribution in [0.25, 0.3) is 0 Å². The van der Waals surface area contributed by atoms with Crippen LogP contribution in [0.5, 0.6) is 5.75 Å². The van der Waals surface area contributed by atoms with Crippen molar-refractivity contribution in [2.24, 2.45) is 5.92 Å². The van der Waals surface area contributed by atoms with Crippen LogP contribution in [0.15, 0.2) is 60.6 Å². The van der Waals surface area contributed by atoms with Crippen molar-refractivity contribution in [3.63, 3.8) is 0 Å². The fourth-order valence-electron chi connectivity index (χ4n) is 4.11. The molecule has 40 heavy (non-hydrogen) atoms. The topological polar surface area (TPSA) is 135 Å². The molecule has 1 amide bonds. The number of hydrogen-bond donors (Lipinski definition) is 3. The highest BCUT2D eigenvalue weighted by Gasteiger charge is 2.38. The molecule has 2 aromatic carbocycles. The first kappa shape index (κ1) is 28.6. The summed E-state index contributed by atoms with van der Waals surface area (Å²) in [4.78, 5) is 21.9. The number of carbonyl (C=O) groups is 1. The summed E-state index contributed by atoms with van der Waals surface area (Å²) >= 11 is 0. The van der Waals surface area contributed by atoms with Crippen molar-refractivity contribution in [1.82, 2.24) is 9.97 Å². The molecular formula is C27H31FN6O5S. The molecular weight excluding hydrogens is 539 g/mol. The molecule has 0 bridgehead atoms. The Morgan fingerprint density at radius 2 is 1.88 bits per heavy atom. The number of halogens is 1. The van der Waals surface area contributed by atoms with Crippen LogP contribution in [0, 0.1) is 11.7 Å². The summed E-state index contributed by atoms with van der Waals surface area (Å²) in [5.74, 6) is -0.268. The zero-order chi connectivity index (χ0) is 29.0. The van der Waals surface area contributed by atoms with Crippen LogP contribution in [0.1, 0.15) is 32.4 Å². The lowest BCUT2D eigenvalue weighted by atomic mass is 10.0. The second-order valence-electron chi connectivity index (χ2n) is 9.47. The molecule has 2 atom stereocenters. The minimum absolute atomic E-state index is 0.0485. The monoisotopic (exact) mass is 570 g/mol. The van der Waals surface area contributed by atoms with Gasteiger partial charge in [-0.3, -0.25) is 9.62 Å². The minimum Gasteiger partial charge on any atom is -0.494 e. The molecule has 212 valence electrons. The molecule has 3 N–H and O–H groups in total. The highest BCUT2D eigenvalue weighted by atomic mass is 32.2. The molecule has 0 aliphatic carbocycles. The standard InChI is InChI=1S/C27H31FN6O5S/c1-6-40(36,37)33-22-12-11-20(13-24(22)38-5)31-19-9-7-18(8-10-19)17(4)30-26-29-14-21(28)25(32-26)34-23(16(2)3)15-39-27(34)35/h6-14,16-17,23,31,33H,1,15H2,2-5H3,(H,29,30,32)/t17-,23+/m0/s1. The average Bonchev–Trinajstić information content (AvgIpc) is 3.32. The highest BCUT2D eigenvalue weighted by Crippen LogP contribution is 2.32. The number of anilines is 5. The van der Waals surface area contributed by atoms with E-state index in [1.54, 1.807) is 18.2 Å². The number of sulfonamides is 1. The maximum Gasteiger partial charge on any atom is 0.416 e. The van der Waals surface area contributed by atoms with E-state index in [0.29, 0.717) is 11.4 Å². The highest BCUT2D eigenvalue weighted by molar-refractivity contribution is 7.95. The number of ether oxygens (including phenoxy) is 2. The summed E-state index contributed by atoms with van der Waals surface area (Å²) in [6.07, 6.45) is 0.402. The van der Waals surface area contributed by atoms with Crippen molar-refractivity contribution in [2.45, 2.75) is 32.9 Å². The van der Waals surface area contributed by atoms with Crippen molar-refractivity contribution >= 4 is 44.9 Å². The summed E-state index contributed by atoms with van der Waals surface area (Å²) in [5, 5.41) is 7.22. The van der Waals surface area contributed by atoms with E-state index in [-0.39, 0.29) is 42.1 Å². The molecule has 13 heteroatoms. The second-order valence-corrected chi connectivity index (χ2v) is 11.1. The zero-order valence-electron chi connectivity index (χ0n) is 22.5. The van der Waals surface area contributed by atoms with Crippen LogP contribution < -0.4 is 25.0 Å². The van der Waals surface area contributed by atoms with Gasteiger partial charge in [0.25, 0.3) is 10.0 Å². The molecule has 0 unspecified atom stereocenters. The number of benzene rings is 2. The van der Waals surface area contributed by atoms with Crippen molar-refractivity contribution in [1.29, 1.82) is 0 Å². The normalized spacial score (nSPS) is 15.9. The Bertz CT molecular complexity index is 1500. The van der Waals surface area contributed by atoms with Gasteiger partial charge < -0.3 is 20.1 Å². The van der Waals surface area contributed by atoms with Crippen LogP contribution in [0.2, 0.25) is 0 Å². The van der Waals surface area contributed by atoms with E-state index in [0.717, 1.165) is 22.9 Å². The number of methoxy groups -OCH3 is 1. The molecule has 1 aliphatic heterocycles. The lowest BCUT2D eigenvalue weighted by Gasteiger charge is -2.24. The van der Waals surface area contributed by atoms with Crippen molar-refractivity contribution in [3.8, 4) is 5.75 Å². The number of hydrogen-bond acceptors (Lipinski definition) is 9. The molecule has 1 aromatic heterocycles. The molecule has 11 nitrogen and oxygen atoms in total. The quantitative estimate of drug-likeness (QED) is 0.277. The Balaban J connectivity index is 1.45. The van der Waals surface area contributed by atoms with Crippen molar-refractivity contribution in [2.75, 3.05) is 34.0 Å². The fraction of sp³-hybridized carbons (Fsp3) is 0.296. The Hall–Kier alpha value is -4.39. The van der Waals surface area contributed by atoms with Gasteiger partial charge in [0.2, 0.25) is 5.95 Å². The van der Waals surface area contributed by atoms with Gasteiger partial charge in [0.15, 0.2) is 11.6 Å². The van der Waals surface area contributed by atoms with Gasteiger partial charge in [0, 0.05) is 22.8 Å². The number of amides is 1. The van der Waals surface area contributed by atoms with Gasteiger partial charge in [0.05, 0.1) is 31.1 Å². The number of carbonyl (C=O) groups excluding carboxylic acids is 1. The Kier molecular flexibility index (Phi) is 8.43. The van der Waals surface area contributed by atoms with Gasteiger partial charge in [-0.05, 0) is 42.7 Å². The van der Waals surface area contributed by atoms with E-state index < -0.39 is 21.9 Å². The van der Waals surface area contributed by atoms with Gasteiger partial charge in [-0.1, -0.05) is 32.6 Å². The SMILES string of the molecule is C=CS(=O)(=O)Nc1ccc(Nc2ccc([C@H](C)Nc3ncc(F)c(N4C(=O)OC[C@@H]4C(C)C)n3)cc2)cc1OC. The summed E-state index contributed by atoms with van der Waals surface area (Å²) in [6.45, 7) is 9.22. The third-order valence-corrected chi connectivity index (χ3v) is 7.29. The molecule has 1 fully saturated rings. The van der Waals surface area contributed by atoms with E-state index >= 15 is 0 Å². The van der Waals surface area contributed by atoms with Gasteiger partial charge in [-0.25, -0.2) is 22.6 Å². The van der Waals surface area contributed by atoms with Crippen molar-refractivity contribution < 1.29 is 27.1 Å². The van der Waals surface area contributed by atoms with E-state index in [1.165, 1.54) is 12.0 Å². The number of cyclic esters (lactones) is 1. The molecule has 4 rings (SSSR count). The van der Waals surface area contributed by atoms with E-state index in [1.807, 2.05) is 45.0 Å². The summed E-state index contributed by atoms with van der Waals surface area (Å²) in [7, 11) is -2.23. The Morgan fingerprint density at radius 3 is 2.52 bits per heavy atom. The summed E-state index contributed by atoms with van der Waals surface area (Å²) < 4.78 is 51.1. The molecule has 3 aromatic rings. The average molecular weight is 571 g/mol. The molecule has 0 radical (unpaired) electrons. The maximum atomic E-state index is 14.6. The number of nitrogens with zero attached hydrogens (tertiary/aromatic N) is 3. The lowest BCUT2D eigenvalue weighted by molar-refractivity contribution is 0.177. The second kappa shape index (κ2) is 11.8. The van der Waals surface area contributed by atoms with Crippen LogP contribution in [-0.4, -0.2) is 44.2 Å². The fourth-order valence-corrected chi connectivity index (χ4v) is 4.67. The largest absolute Gasteiger partial charge is 0.494 e. The number of rotatable bonds is 11. The Morgan fingerprint density at radius 1 is 1.18 bits per heavy atom. The smallest absolute Gasteiger partial charge is 0.416 e. The van der Waals surface area contributed by atoms with Crippen LogP contribution in [-0.2, 0) is 14.8 Å². The van der Waals surface area contributed by atoms with Crippen molar-refractivity contribution in [3.05, 3.63) is 72.0 Å². The minimum atomic E-state index is -3.67. The van der Waals surface area contributed by atoms with Crippen LogP contribution >= 0.6 is 0 Å². The molecule has 0 spiro atoms. The molecule has 1 saturated heterocycles. The van der Waals surface area contributed by atoms with Gasteiger partial charge >= 0.3 is 6.09 Å². The van der Waals surface area contributed by atoms with Crippen LogP contribution in [0.4, 0.5) is 38.0 Å². The van der Waals surface area contributed by atoms with E-state index in [4.69, 9.17) is 9.47 Å². The van der Waals surface area contributed by atoms with E-state index in [9.17, 15) is 17.6 Å². The molecule has 2 heterocycles. The lowest BCUT2D eigenvalue weighted by Crippen LogP contribution is -2.38. The first-order valence-corrected chi connectivity index (χ1v) is 14.0. The Labute approximate surface area is 232 Å². The predicted octanol–water partition coefficient (Wildman–Crippen LogP) is 5.41. The first-order valence-electron chi connectivity index (χ1n) is 12.5. The number of aromatic nitrogens is 2. The van der Waals surface area contributed by atoms with E-state index in [2.05, 4.69) is 31.9 Å². The van der Waals surface area contributed by atoms with Gasteiger partial charge in [-0.15, -0.1) is 0 Å². The molecule has 0 saturated carbocycles.